The van der Waals surface area contributed by atoms with Crippen molar-refractivity contribution in [2.75, 3.05) is 57.2 Å². The Morgan fingerprint density at radius 2 is 1.85 bits per heavy atom. The van der Waals surface area contributed by atoms with Gasteiger partial charge in [-0.2, -0.15) is 0 Å². The molecule has 39 heavy (non-hydrogen) atoms. The number of carbonyl (C=O) groups is 1. The minimum Gasteiger partial charge on any atom is -0.377 e. The molecule has 1 atom stereocenters. The zero-order chi connectivity index (χ0) is 28.2. The molecule has 0 bridgehead atoms. The van der Waals surface area contributed by atoms with Crippen LogP contribution in [0.4, 0.5) is 16.3 Å². The van der Waals surface area contributed by atoms with E-state index in [0.29, 0.717) is 62.2 Å². The Kier molecular flexibility index (Phi) is 9.13. The second kappa shape index (κ2) is 12.2. The standard InChI is InChI=1S/C28H42N6O4S/c1-20-19-38-17-16-34(20)25-18-24(28(2,3)39(36,37)23-8-6-7-9-23)31-26(32-25)21-10-12-22(13-11-21)30-27(35)29-14-15-33(4)5/h10-13,18,20,23H,6-9,14-17,19H2,1-5H3,(H2,29,30,35)/t20-/m0/s1. The van der Waals surface area contributed by atoms with Gasteiger partial charge in [0.1, 0.15) is 10.6 Å². The van der Waals surface area contributed by atoms with E-state index in [-0.39, 0.29) is 17.3 Å². The fraction of sp³-hybridized carbons (Fsp3) is 0.607. The predicted octanol–water partition coefficient (Wildman–Crippen LogP) is 3.64. The number of rotatable bonds is 9. The molecule has 2 amide bonds. The molecule has 1 aliphatic carbocycles. The van der Waals surface area contributed by atoms with Crippen LogP contribution in [0, 0.1) is 0 Å². The van der Waals surface area contributed by atoms with E-state index in [9.17, 15) is 13.2 Å². The molecule has 10 nitrogen and oxygen atoms in total. The number of carbonyl (C=O) groups excluding carboxylic acids is 1. The lowest BCUT2D eigenvalue weighted by Gasteiger charge is -2.35. The van der Waals surface area contributed by atoms with Crippen molar-refractivity contribution in [3.8, 4) is 11.4 Å². The number of amides is 2. The molecule has 0 spiro atoms. The van der Waals surface area contributed by atoms with E-state index in [1.54, 1.807) is 26.0 Å². The van der Waals surface area contributed by atoms with Crippen LogP contribution in [0.15, 0.2) is 30.3 Å². The molecule has 2 aliphatic rings. The smallest absolute Gasteiger partial charge is 0.319 e. The number of likely N-dealkylation sites (N-methyl/N-ethyl adjacent to an activating group) is 1. The summed E-state index contributed by atoms with van der Waals surface area (Å²) in [5.41, 5.74) is 1.88. The summed E-state index contributed by atoms with van der Waals surface area (Å²) in [6.07, 6.45) is 3.29. The maximum Gasteiger partial charge on any atom is 0.319 e. The number of morpholine rings is 1. The van der Waals surface area contributed by atoms with Crippen molar-refractivity contribution < 1.29 is 17.9 Å². The number of nitrogens with one attached hydrogen (secondary N) is 2. The van der Waals surface area contributed by atoms with Crippen LogP contribution in [0.2, 0.25) is 0 Å². The zero-order valence-corrected chi connectivity index (χ0v) is 24.6. The average molecular weight is 559 g/mol. The van der Waals surface area contributed by atoms with Gasteiger partial charge in [-0.1, -0.05) is 12.8 Å². The van der Waals surface area contributed by atoms with Crippen LogP contribution in [-0.2, 0) is 19.3 Å². The van der Waals surface area contributed by atoms with Gasteiger partial charge in [-0.05, 0) is 72.0 Å². The minimum absolute atomic E-state index is 0.0986. The first-order valence-electron chi connectivity index (χ1n) is 13.8. The average Bonchev–Trinajstić information content (AvgIpc) is 3.45. The van der Waals surface area contributed by atoms with Crippen LogP contribution < -0.4 is 15.5 Å². The van der Waals surface area contributed by atoms with Crippen molar-refractivity contribution in [3.63, 3.8) is 0 Å². The third-order valence-electron chi connectivity index (χ3n) is 7.69. The number of aromatic nitrogens is 2. The first-order valence-corrected chi connectivity index (χ1v) is 15.3. The van der Waals surface area contributed by atoms with Crippen LogP contribution in [0.1, 0.15) is 52.1 Å². The highest BCUT2D eigenvalue weighted by atomic mass is 32.2. The molecule has 2 N–H and O–H groups in total. The van der Waals surface area contributed by atoms with Crippen molar-refractivity contribution >= 4 is 27.4 Å². The molecule has 1 saturated carbocycles. The molecule has 1 saturated heterocycles. The van der Waals surface area contributed by atoms with Crippen LogP contribution >= 0.6 is 0 Å². The third-order valence-corrected chi connectivity index (χ3v) is 10.7. The summed E-state index contributed by atoms with van der Waals surface area (Å²) in [6.45, 7) is 8.72. The molecule has 2 aromatic rings. The minimum atomic E-state index is -3.48. The van der Waals surface area contributed by atoms with E-state index >= 15 is 0 Å². The van der Waals surface area contributed by atoms with Gasteiger partial charge >= 0.3 is 6.03 Å². The highest BCUT2D eigenvalue weighted by Crippen LogP contribution is 2.39. The van der Waals surface area contributed by atoms with Gasteiger partial charge in [0.15, 0.2) is 15.7 Å². The third kappa shape index (κ3) is 6.70. The summed E-state index contributed by atoms with van der Waals surface area (Å²) < 4.78 is 32.0. The molecule has 2 heterocycles. The zero-order valence-electron chi connectivity index (χ0n) is 23.7. The summed E-state index contributed by atoms with van der Waals surface area (Å²) in [4.78, 5) is 26.1. The lowest BCUT2D eigenvalue weighted by atomic mass is 10.1. The number of urea groups is 1. The maximum absolute atomic E-state index is 13.8. The molecule has 1 aromatic heterocycles. The summed E-state index contributed by atoms with van der Waals surface area (Å²) in [5.74, 6) is 1.15. The number of benzene rings is 1. The number of hydrogen-bond acceptors (Lipinski definition) is 8. The van der Waals surface area contributed by atoms with E-state index in [1.807, 2.05) is 37.2 Å². The molecule has 4 rings (SSSR count). The van der Waals surface area contributed by atoms with Gasteiger partial charge in [-0.3, -0.25) is 0 Å². The first kappa shape index (κ1) is 29.2. The molecule has 0 radical (unpaired) electrons. The Hall–Kier alpha value is -2.76. The van der Waals surface area contributed by atoms with E-state index in [2.05, 4.69) is 22.5 Å². The SMILES string of the molecule is C[C@H]1COCCN1c1cc(C(C)(C)S(=O)(=O)C2CCCC2)nc(-c2ccc(NC(=O)NCCN(C)C)cc2)n1. The largest absolute Gasteiger partial charge is 0.377 e. The topological polar surface area (TPSA) is 117 Å². The Morgan fingerprint density at radius 1 is 1.15 bits per heavy atom. The predicted molar refractivity (Wildman–Crippen MR) is 155 cm³/mol. The van der Waals surface area contributed by atoms with Crippen molar-refractivity contribution in [1.29, 1.82) is 0 Å². The normalized spacial score (nSPS) is 18.9. The number of sulfone groups is 1. The Labute approximate surface area is 232 Å². The highest BCUT2D eigenvalue weighted by molar-refractivity contribution is 7.92. The van der Waals surface area contributed by atoms with E-state index in [1.165, 1.54) is 0 Å². The molecule has 2 fully saturated rings. The van der Waals surface area contributed by atoms with E-state index in [0.717, 1.165) is 24.9 Å². The molecular weight excluding hydrogens is 516 g/mol. The van der Waals surface area contributed by atoms with Gasteiger partial charge in [-0.15, -0.1) is 0 Å². The van der Waals surface area contributed by atoms with Gasteiger partial charge in [0.2, 0.25) is 0 Å². The van der Waals surface area contributed by atoms with Gasteiger partial charge in [0, 0.05) is 37.0 Å². The van der Waals surface area contributed by atoms with Gasteiger partial charge in [0.25, 0.3) is 0 Å². The number of hydrogen-bond donors (Lipinski definition) is 2. The van der Waals surface area contributed by atoms with Crippen LogP contribution in [-0.4, -0.2) is 87.6 Å². The van der Waals surface area contributed by atoms with Crippen LogP contribution in [0.5, 0.6) is 0 Å². The van der Waals surface area contributed by atoms with Crippen LogP contribution in [0.25, 0.3) is 11.4 Å². The number of nitrogens with zero attached hydrogens (tertiary/aromatic N) is 4. The molecule has 1 aromatic carbocycles. The summed E-state index contributed by atoms with van der Waals surface area (Å²) in [7, 11) is 0.425. The van der Waals surface area contributed by atoms with Gasteiger partial charge in [-0.25, -0.2) is 23.2 Å². The number of ether oxygens (including phenoxy) is 1. The number of anilines is 2. The summed E-state index contributed by atoms with van der Waals surface area (Å²) >= 11 is 0. The Morgan fingerprint density at radius 3 is 2.49 bits per heavy atom. The fourth-order valence-electron chi connectivity index (χ4n) is 5.12. The van der Waals surface area contributed by atoms with E-state index < -0.39 is 14.6 Å². The molecule has 214 valence electrons. The molecule has 0 unspecified atom stereocenters. The van der Waals surface area contributed by atoms with Gasteiger partial charge < -0.3 is 25.2 Å². The van der Waals surface area contributed by atoms with Crippen molar-refractivity contribution in [2.24, 2.45) is 0 Å². The highest BCUT2D eigenvalue weighted by Gasteiger charge is 2.44. The van der Waals surface area contributed by atoms with Crippen molar-refractivity contribution in [2.45, 2.75) is 62.5 Å². The lowest BCUT2D eigenvalue weighted by molar-refractivity contribution is 0.0985. The second-order valence-corrected chi connectivity index (χ2v) is 14.1. The monoisotopic (exact) mass is 558 g/mol. The molecule has 11 heteroatoms. The first-order chi connectivity index (χ1) is 18.5. The summed E-state index contributed by atoms with van der Waals surface area (Å²) in [6, 6.07) is 8.96. The Bertz CT molecular complexity index is 1240. The Balaban J connectivity index is 1.65. The van der Waals surface area contributed by atoms with Crippen molar-refractivity contribution in [1.82, 2.24) is 20.2 Å². The fourth-order valence-corrected chi connectivity index (χ4v) is 7.30. The quantitative estimate of drug-likeness (QED) is 0.479. The molecular formula is C28H42N6O4S. The van der Waals surface area contributed by atoms with Gasteiger partial charge in [0.05, 0.1) is 30.2 Å². The lowest BCUT2D eigenvalue weighted by Crippen LogP contribution is -2.44. The van der Waals surface area contributed by atoms with Crippen molar-refractivity contribution in [3.05, 3.63) is 36.0 Å². The maximum atomic E-state index is 13.8. The second-order valence-electron chi connectivity index (χ2n) is 11.3. The molecule has 1 aliphatic heterocycles. The van der Waals surface area contributed by atoms with Crippen LogP contribution in [0.3, 0.4) is 0 Å². The summed E-state index contributed by atoms with van der Waals surface area (Å²) in [5, 5.41) is 5.33. The van der Waals surface area contributed by atoms with E-state index in [4.69, 9.17) is 14.7 Å².